The maximum atomic E-state index is 13.2. The van der Waals surface area contributed by atoms with Crippen LogP contribution in [0.1, 0.15) is 58.3 Å². The number of rotatable bonds is 4. The Morgan fingerprint density at radius 2 is 1.61 bits per heavy atom. The Morgan fingerprint density at radius 3 is 2.22 bits per heavy atom. The molecule has 0 unspecified atom stereocenters. The Bertz CT molecular complexity index is 448. The predicted octanol–water partition coefficient (Wildman–Crippen LogP) is 1.77. The Morgan fingerprint density at radius 1 is 0.957 bits per heavy atom. The predicted molar refractivity (Wildman–Crippen MR) is 89.9 cm³/mol. The maximum Gasteiger partial charge on any atom is 0.245 e. The molecule has 1 aliphatic carbocycles. The van der Waals surface area contributed by atoms with Crippen LogP contribution in [-0.2, 0) is 9.59 Å². The minimum Gasteiger partial charge on any atom is -0.344 e. The minimum atomic E-state index is -0.303. The van der Waals surface area contributed by atoms with Gasteiger partial charge in [-0.3, -0.25) is 9.59 Å². The normalized spacial score (nSPS) is 30.8. The molecule has 3 atom stereocenters. The monoisotopic (exact) mass is 321 g/mol. The van der Waals surface area contributed by atoms with E-state index in [1.54, 1.807) is 0 Å². The number of nitrogens with zero attached hydrogens (tertiary/aromatic N) is 2. The molecule has 130 valence electrons. The lowest BCUT2D eigenvalue weighted by atomic mass is 9.95. The molecule has 0 spiro atoms. The second-order valence-corrected chi connectivity index (χ2v) is 7.65. The van der Waals surface area contributed by atoms with Crippen molar-refractivity contribution < 1.29 is 9.59 Å². The van der Waals surface area contributed by atoms with Gasteiger partial charge in [0.05, 0.1) is 0 Å². The quantitative estimate of drug-likeness (QED) is 0.858. The van der Waals surface area contributed by atoms with Crippen molar-refractivity contribution in [1.29, 1.82) is 0 Å². The topological polar surface area (TPSA) is 52.7 Å². The number of likely N-dealkylation sites (N-methyl/N-ethyl adjacent to an activating group) is 1. The van der Waals surface area contributed by atoms with Crippen LogP contribution in [0.3, 0.4) is 0 Å². The van der Waals surface area contributed by atoms with Gasteiger partial charge in [-0.1, -0.05) is 12.8 Å². The molecule has 0 radical (unpaired) electrons. The van der Waals surface area contributed by atoms with Crippen molar-refractivity contribution in [1.82, 2.24) is 15.1 Å². The summed E-state index contributed by atoms with van der Waals surface area (Å²) in [4.78, 5) is 29.4. The van der Waals surface area contributed by atoms with Crippen LogP contribution >= 0.6 is 0 Å². The largest absolute Gasteiger partial charge is 0.344 e. The number of hydrogen-bond donors (Lipinski definition) is 1. The van der Waals surface area contributed by atoms with Gasteiger partial charge in [0, 0.05) is 25.6 Å². The number of amides is 2. The fraction of sp³-hybridized carbons (Fsp3) is 0.889. The second kappa shape index (κ2) is 7.20. The molecule has 2 aliphatic heterocycles. The summed E-state index contributed by atoms with van der Waals surface area (Å²) >= 11 is 0. The van der Waals surface area contributed by atoms with Crippen molar-refractivity contribution in [2.75, 3.05) is 20.1 Å². The van der Waals surface area contributed by atoms with Crippen LogP contribution in [0.2, 0.25) is 0 Å². The average Bonchev–Trinajstić information content (AvgIpc) is 3.24. The lowest BCUT2D eigenvalue weighted by Gasteiger charge is -2.36. The lowest BCUT2D eigenvalue weighted by molar-refractivity contribution is -0.139. The third-order valence-corrected chi connectivity index (χ3v) is 6.10. The van der Waals surface area contributed by atoms with Crippen molar-refractivity contribution >= 4 is 11.8 Å². The van der Waals surface area contributed by atoms with E-state index in [1.165, 1.54) is 32.6 Å². The first kappa shape index (κ1) is 16.7. The molecular formula is C18H31N3O2. The van der Waals surface area contributed by atoms with Crippen molar-refractivity contribution in [3.63, 3.8) is 0 Å². The maximum absolute atomic E-state index is 13.2. The summed E-state index contributed by atoms with van der Waals surface area (Å²) in [6.07, 6.45) is 9.13. The zero-order chi connectivity index (χ0) is 16.4. The van der Waals surface area contributed by atoms with E-state index in [0.717, 1.165) is 38.8 Å². The Hall–Kier alpha value is -1.10. The van der Waals surface area contributed by atoms with E-state index in [4.69, 9.17) is 0 Å². The van der Waals surface area contributed by atoms with Crippen LogP contribution in [-0.4, -0.2) is 59.9 Å². The molecule has 1 N–H and O–H groups in total. The van der Waals surface area contributed by atoms with Gasteiger partial charge in [0.2, 0.25) is 11.8 Å². The SMILES string of the molecule is CC(=O)N[C@H](C(=O)N1CCC[C@@H]1[C@H]1CCCN1C)C1CCCC1. The molecule has 5 heteroatoms. The molecule has 3 aliphatic rings. The molecule has 3 fully saturated rings. The van der Waals surface area contributed by atoms with Crippen LogP contribution in [0.25, 0.3) is 0 Å². The summed E-state index contributed by atoms with van der Waals surface area (Å²) in [5.74, 6) is 0.424. The molecule has 0 aromatic heterocycles. The van der Waals surface area contributed by atoms with E-state index >= 15 is 0 Å². The molecule has 0 aromatic carbocycles. The smallest absolute Gasteiger partial charge is 0.245 e. The highest BCUT2D eigenvalue weighted by Crippen LogP contribution is 2.33. The van der Waals surface area contributed by atoms with Gasteiger partial charge >= 0.3 is 0 Å². The molecule has 0 bridgehead atoms. The summed E-state index contributed by atoms with van der Waals surface area (Å²) in [5.41, 5.74) is 0. The van der Waals surface area contributed by atoms with Gasteiger partial charge in [-0.2, -0.15) is 0 Å². The van der Waals surface area contributed by atoms with E-state index in [9.17, 15) is 9.59 Å². The van der Waals surface area contributed by atoms with Crippen molar-refractivity contribution in [3.05, 3.63) is 0 Å². The fourth-order valence-corrected chi connectivity index (χ4v) is 4.96. The van der Waals surface area contributed by atoms with E-state index in [0.29, 0.717) is 18.0 Å². The second-order valence-electron chi connectivity index (χ2n) is 7.65. The number of carbonyl (C=O) groups is 2. The molecule has 2 amide bonds. The van der Waals surface area contributed by atoms with Crippen molar-refractivity contribution in [2.45, 2.75) is 76.4 Å². The highest BCUT2D eigenvalue weighted by Gasteiger charge is 2.42. The van der Waals surface area contributed by atoms with Gasteiger partial charge in [-0.25, -0.2) is 0 Å². The Balaban J connectivity index is 1.73. The highest BCUT2D eigenvalue weighted by molar-refractivity contribution is 5.87. The Kier molecular flexibility index (Phi) is 5.24. The number of likely N-dealkylation sites (tertiary alicyclic amines) is 2. The van der Waals surface area contributed by atoms with Gasteiger partial charge in [-0.15, -0.1) is 0 Å². The summed E-state index contributed by atoms with van der Waals surface area (Å²) in [7, 11) is 2.18. The number of carbonyl (C=O) groups excluding carboxylic acids is 2. The summed E-state index contributed by atoms with van der Waals surface area (Å²) in [6, 6.07) is 0.540. The molecule has 2 heterocycles. The third-order valence-electron chi connectivity index (χ3n) is 6.10. The van der Waals surface area contributed by atoms with Gasteiger partial charge in [0.1, 0.15) is 6.04 Å². The van der Waals surface area contributed by atoms with Gasteiger partial charge < -0.3 is 15.1 Å². The van der Waals surface area contributed by atoms with Crippen LogP contribution < -0.4 is 5.32 Å². The van der Waals surface area contributed by atoms with E-state index < -0.39 is 0 Å². The zero-order valence-electron chi connectivity index (χ0n) is 14.6. The molecule has 3 rings (SSSR count). The first-order chi connectivity index (χ1) is 11.1. The van der Waals surface area contributed by atoms with Crippen LogP contribution in [0, 0.1) is 5.92 Å². The molecular weight excluding hydrogens is 290 g/mol. The lowest BCUT2D eigenvalue weighted by Crippen LogP contribution is -2.55. The van der Waals surface area contributed by atoms with Gasteiger partial charge in [0.25, 0.3) is 0 Å². The van der Waals surface area contributed by atoms with E-state index in [2.05, 4.69) is 22.2 Å². The first-order valence-corrected chi connectivity index (χ1v) is 9.35. The Labute approximate surface area is 139 Å². The van der Waals surface area contributed by atoms with Crippen molar-refractivity contribution in [2.24, 2.45) is 5.92 Å². The molecule has 23 heavy (non-hydrogen) atoms. The molecule has 5 nitrogen and oxygen atoms in total. The van der Waals surface area contributed by atoms with Crippen molar-refractivity contribution in [3.8, 4) is 0 Å². The summed E-state index contributed by atoms with van der Waals surface area (Å²) in [6.45, 7) is 3.53. The molecule has 2 saturated heterocycles. The summed E-state index contributed by atoms with van der Waals surface area (Å²) < 4.78 is 0. The standard InChI is InChI=1S/C18H31N3O2/c1-13(22)19-17(14-7-3-4-8-14)18(23)21-12-6-10-16(21)15-9-5-11-20(15)2/h14-17H,3-12H2,1-2H3,(H,19,22)/t15-,16-,17+/m1/s1. The van der Waals surface area contributed by atoms with Gasteiger partial charge in [0.15, 0.2) is 0 Å². The number of hydrogen-bond acceptors (Lipinski definition) is 3. The summed E-state index contributed by atoms with van der Waals surface area (Å²) in [5, 5.41) is 2.98. The molecule has 1 saturated carbocycles. The van der Waals surface area contributed by atoms with Crippen LogP contribution in [0.15, 0.2) is 0 Å². The van der Waals surface area contributed by atoms with Crippen LogP contribution in [0.4, 0.5) is 0 Å². The minimum absolute atomic E-state index is 0.0796. The fourth-order valence-electron chi connectivity index (χ4n) is 4.96. The van der Waals surface area contributed by atoms with E-state index in [-0.39, 0.29) is 17.9 Å². The third kappa shape index (κ3) is 3.54. The first-order valence-electron chi connectivity index (χ1n) is 9.35. The van der Waals surface area contributed by atoms with Crippen LogP contribution in [0.5, 0.6) is 0 Å². The molecule has 0 aromatic rings. The zero-order valence-corrected chi connectivity index (χ0v) is 14.6. The van der Waals surface area contributed by atoms with E-state index in [1.807, 2.05) is 0 Å². The highest BCUT2D eigenvalue weighted by atomic mass is 16.2. The average molecular weight is 321 g/mol. The van der Waals surface area contributed by atoms with Gasteiger partial charge in [-0.05, 0) is 58.0 Å². The number of nitrogens with one attached hydrogen (secondary N) is 1.